The molecule has 0 radical (unpaired) electrons. The van der Waals surface area contributed by atoms with E-state index in [1.165, 1.54) is 18.3 Å². The fraction of sp³-hybridized carbons (Fsp3) is 0.250. The first-order chi connectivity index (χ1) is 10.1. The highest BCUT2D eigenvalue weighted by atomic mass is 19.1. The topological polar surface area (TPSA) is 51.2 Å². The third kappa shape index (κ3) is 3.78. The van der Waals surface area contributed by atoms with Crippen LogP contribution >= 0.6 is 0 Å². The summed E-state index contributed by atoms with van der Waals surface area (Å²) in [6.07, 6.45) is 1.31. The summed E-state index contributed by atoms with van der Waals surface area (Å²) in [5, 5.41) is 2.75. The van der Waals surface area contributed by atoms with Gasteiger partial charge in [0, 0.05) is 6.20 Å². The quantitative estimate of drug-likeness (QED) is 0.860. The number of nitrogens with one attached hydrogen (secondary N) is 1. The second-order valence-corrected chi connectivity index (χ2v) is 4.54. The van der Waals surface area contributed by atoms with Crippen LogP contribution in [0, 0.1) is 5.95 Å². The van der Waals surface area contributed by atoms with Gasteiger partial charge < -0.3 is 10.1 Å². The lowest BCUT2D eigenvalue weighted by Gasteiger charge is -2.15. The first-order valence-corrected chi connectivity index (χ1v) is 6.76. The molecule has 1 unspecified atom stereocenters. The van der Waals surface area contributed by atoms with E-state index in [-0.39, 0.29) is 11.6 Å². The second kappa shape index (κ2) is 6.83. The lowest BCUT2D eigenvalue weighted by atomic mass is 10.1. The molecule has 1 atom stereocenters. The van der Waals surface area contributed by atoms with Crippen LogP contribution in [0.25, 0.3) is 0 Å². The number of halogens is 1. The maximum Gasteiger partial charge on any atom is 0.256 e. The van der Waals surface area contributed by atoms with Gasteiger partial charge in [-0.05, 0) is 43.7 Å². The van der Waals surface area contributed by atoms with Gasteiger partial charge >= 0.3 is 0 Å². The Morgan fingerprint density at radius 1 is 1.33 bits per heavy atom. The number of hydrogen-bond acceptors (Lipinski definition) is 3. The minimum absolute atomic E-state index is 0.0599. The van der Waals surface area contributed by atoms with Crippen molar-refractivity contribution in [3.05, 3.63) is 59.7 Å². The van der Waals surface area contributed by atoms with Crippen molar-refractivity contribution >= 4 is 5.91 Å². The van der Waals surface area contributed by atoms with E-state index in [0.29, 0.717) is 6.61 Å². The van der Waals surface area contributed by atoms with Gasteiger partial charge in [-0.15, -0.1) is 0 Å². The number of nitrogens with zero attached hydrogens (tertiary/aromatic N) is 1. The van der Waals surface area contributed by atoms with Crippen LogP contribution in [-0.2, 0) is 0 Å². The molecule has 1 N–H and O–H groups in total. The molecule has 2 aromatic rings. The van der Waals surface area contributed by atoms with Crippen LogP contribution in [0.1, 0.15) is 35.8 Å². The molecular formula is C16H17FN2O2. The van der Waals surface area contributed by atoms with Crippen LogP contribution in [0.2, 0.25) is 0 Å². The zero-order valence-electron chi connectivity index (χ0n) is 12.0. The molecule has 4 nitrogen and oxygen atoms in total. The molecular weight excluding hydrogens is 271 g/mol. The van der Waals surface area contributed by atoms with Crippen molar-refractivity contribution in [3.63, 3.8) is 0 Å². The fourth-order valence-electron chi connectivity index (χ4n) is 1.93. The smallest absolute Gasteiger partial charge is 0.256 e. The zero-order chi connectivity index (χ0) is 15.2. The molecule has 1 aromatic heterocycles. The zero-order valence-corrected chi connectivity index (χ0v) is 12.0. The number of carbonyl (C=O) groups is 1. The van der Waals surface area contributed by atoms with Crippen LogP contribution < -0.4 is 10.1 Å². The van der Waals surface area contributed by atoms with E-state index in [0.717, 1.165) is 11.3 Å². The van der Waals surface area contributed by atoms with Crippen LogP contribution in [0.4, 0.5) is 4.39 Å². The van der Waals surface area contributed by atoms with Crippen LogP contribution in [0.15, 0.2) is 42.6 Å². The Bertz CT molecular complexity index is 614. The molecule has 0 fully saturated rings. The van der Waals surface area contributed by atoms with Gasteiger partial charge in [0.2, 0.25) is 5.95 Å². The third-order valence-electron chi connectivity index (χ3n) is 3.04. The Labute approximate surface area is 123 Å². The van der Waals surface area contributed by atoms with Crippen molar-refractivity contribution in [2.75, 3.05) is 6.61 Å². The van der Waals surface area contributed by atoms with Gasteiger partial charge in [0.25, 0.3) is 5.91 Å². The van der Waals surface area contributed by atoms with Gasteiger partial charge in [0.1, 0.15) is 5.75 Å². The lowest BCUT2D eigenvalue weighted by Crippen LogP contribution is -2.27. The minimum Gasteiger partial charge on any atom is -0.494 e. The molecule has 0 saturated heterocycles. The maximum absolute atomic E-state index is 13.4. The third-order valence-corrected chi connectivity index (χ3v) is 3.04. The summed E-state index contributed by atoms with van der Waals surface area (Å²) in [7, 11) is 0. The van der Waals surface area contributed by atoms with Crippen molar-refractivity contribution in [1.29, 1.82) is 0 Å². The highest BCUT2D eigenvalue weighted by Crippen LogP contribution is 2.18. The van der Waals surface area contributed by atoms with E-state index < -0.39 is 11.9 Å². The summed E-state index contributed by atoms with van der Waals surface area (Å²) in [6, 6.07) is 10.1. The molecule has 2 rings (SSSR count). The molecule has 1 amide bonds. The number of ether oxygens (including phenoxy) is 1. The van der Waals surface area contributed by atoms with Crippen LogP contribution in [0.3, 0.4) is 0 Å². The summed E-state index contributed by atoms with van der Waals surface area (Å²) < 4.78 is 18.8. The molecule has 21 heavy (non-hydrogen) atoms. The molecule has 110 valence electrons. The van der Waals surface area contributed by atoms with Gasteiger partial charge in [0.15, 0.2) is 0 Å². The van der Waals surface area contributed by atoms with Gasteiger partial charge in [-0.1, -0.05) is 12.1 Å². The summed E-state index contributed by atoms with van der Waals surface area (Å²) in [5.41, 5.74) is 0.853. The first-order valence-electron chi connectivity index (χ1n) is 6.76. The summed E-state index contributed by atoms with van der Waals surface area (Å²) in [5.74, 6) is -0.478. The predicted octanol–water partition coefficient (Wildman–Crippen LogP) is 3.11. The Kier molecular flexibility index (Phi) is 4.87. The highest BCUT2D eigenvalue weighted by Gasteiger charge is 2.15. The van der Waals surface area contributed by atoms with E-state index in [1.54, 1.807) is 0 Å². The van der Waals surface area contributed by atoms with Crippen LogP contribution in [-0.4, -0.2) is 17.5 Å². The fourth-order valence-corrected chi connectivity index (χ4v) is 1.93. The van der Waals surface area contributed by atoms with Crippen molar-refractivity contribution in [2.45, 2.75) is 19.9 Å². The van der Waals surface area contributed by atoms with Crippen molar-refractivity contribution < 1.29 is 13.9 Å². The second-order valence-electron chi connectivity index (χ2n) is 4.54. The van der Waals surface area contributed by atoms with E-state index >= 15 is 0 Å². The summed E-state index contributed by atoms with van der Waals surface area (Å²) >= 11 is 0. The van der Waals surface area contributed by atoms with E-state index in [2.05, 4.69) is 10.3 Å². The minimum atomic E-state index is -0.770. The molecule has 1 aromatic carbocycles. The number of hydrogen-bond donors (Lipinski definition) is 1. The normalized spacial score (nSPS) is 11.8. The monoisotopic (exact) mass is 288 g/mol. The number of amides is 1. The van der Waals surface area contributed by atoms with Gasteiger partial charge in [0.05, 0.1) is 18.2 Å². The molecule has 0 spiro atoms. The SMILES string of the molecule is CCOc1ccc(C(C)NC(=O)c2cccnc2F)cc1. The predicted molar refractivity (Wildman–Crippen MR) is 77.7 cm³/mol. The van der Waals surface area contributed by atoms with Crippen molar-refractivity contribution in [1.82, 2.24) is 10.3 Å². The molecule has 0 saturated carbocycles. The van der Waals surface area contributed by atoms with Crippen LogP contribution in [0.5, 0.6) is 5.75 Å². The number of benzene rings is 1. The van der Waals surface area contributed by atoms with E-state index in [9.17, 15) is 9.18 Å². The Morgan fingerprint density at radius 2 is 2.05 bits per heavy atom. The Hall–Kier alpha value is -2.43. The van der Waals surface area contributed by atoms with E-state index in [1.807, 2.05) is 38.1 Å². The highest BCUT2D eigenvalue weighted by molar-refractivity contribution is 5.94. The molecule has 0 aliphatic carbocycles. The number of aromatic nitrogens is 1. The average molecular weight is 288 g/mol. The Balaban J connectivity index is 2.05. The summed E-state index contributed by atoms with van der Waals surface area (Å²) in [6.45, 7) is 4.35. The number of rotatable bonds is 5. The van der Waals surface area contributed by atoms with Crippen molar-refractivity contribution in [3.8, 4) is 5.75 Å². The number of carbonyl (C=O) groups excluding carboxylic acids is 1. The molecule has 0 aliphatic rings. The van der Waals surface area contributed by atoms with Gasteiger partial charge in [-0.2, -0.15) is 4.39 Å². The van der Waals surface area contributed by atoms with Crippen molar-refractivity contribution in [2.24, 2.45) is 0 Å². The van der Waals surface area contributed by atoms with Gasteiger partial charge in [-0.25, -0.2) is 4.98 Å². The largest absolute Gasteiger partial charge is 0.494 e. The molecule has 0 bridgehead atoms. The lowest BCUT2D eigenvalue weighted by molar-refractivity contribution is 0.0935. The number of pyridine rings is 1. The maximum atomic E-state index is 13.4. The standard InChI is InChI=1S/C16H17FN2O2/c1-3-21-13-8-6-12(7-9-13)11(2)19-16(20)14-5-4-10-18-15(14)17/h4-11H,3H2,1-2H3,(H,19,20). The molecule has 1 heterocycles. The van der Waals surface area contributed by atoms with Gasteiger partial charge in [-0.3, -0.25) is 4.79 Å². The first kappa shape index (κ1) is 15.0. The molecule has 5 heteroatoms. The Morgan fingerprint density at radius 3 is 2.67 bits per heavy atom. The van der Waals surface area contributed by atoms with E-state index in [4.69, 9.17) is 4.74 Å². The average Bonchev–Trinajstić information content (AvgIpc) is 2.48. The molecule has 0 aliphatic heterocycles. The summed E-state index contributed by atoms with van der Waals surface area (Å²) in [4.78, 5) is 15.5.